The number of carbonyl (C=O) groups excluding carboxylic acids is 4. The van der Waals surface area contributed by atoms with Gasteiger partial charge < -0.3 is 39.4 Å². The van der Waals surface area contributed by atoms with E-state index in [-0.39, 0.29) is 105 Å². The number of hydrogen-bond acceptors (Lipinski definition) is 12. The van der Waals surface area contributed by atoms with Crippen LogP contribution in [0, 0.1) is 23.7 Å². The van der Waals surface area contributed by atoms with E-state index in [1.807, 2.05) is 96.9 Å². The number of aliphatic hydroxyl groups is 4. The van der Waals surface area contributed by atoms with E-state index < -0.39 is 12.2 Å². The number of rotatable bonds is 30. The summed E-state index contributed by atoms with van der Waals surface area (Å²) < 4.78 is 21.4. The lowest BCUT2D eigenvalue weighted by atomic mass is 10.00. The molecule has 0 aromatic heterocycles. The molecule has 0 saturated heterocycles. The van der Waals surface area contributed by atoms with Gasteiger partial charge in [0.2, 0.25) is 0 Å². The summed E-state index contributed by atoms with van der Waals surface area (Å²) in [5.41, 5.74) is 1.81. The van der Waals surface area contributed by atoms with Crippen molar-refractivity contribution in [3.05, 3.63) is 24.3 Å². The second-order valence-corrected chi connectivity index (χ2v) is 17.6. The Morgan fingerprint density at radius 2 is 0.869 bits per heavy atom. The number of aliphatic hydroxyl groups excluding tert-OH is 4. The summed E-state index contributed by atoms with van der Waals surface area (Å²) in [6.07, 6.45) is 1.65. The van der Waals surface area contributed by atoms with Gasteiger partial charge >= 0.3 is 0 Å². The Bertz CT molecular complexity index is 1140. The molecular weight excluding hydrogens is 781 g/mol. The van der Waals surface area contributed by atoms with Crippen molar-refractivity contribution in [2.24, 2.45) is 23.7 Å². The summed E-state index contributed by atoms with van der Waals surface area (Å²) in [5.74, 6) is 1.00. The first-order chi connectivity index (χ1) is 27.6. The van der Waals surface area contributed by atoms with Gasteiger partial charge in [0, 0.05) is 50.4 Å². The Hall–Kier alpha value is -2.16. The molecule has 0 aliphatic rings. The highest BCUT2D eigenvalue weighted by Gasteiger charge is 2.17. The average Bonchev–Trinajstić information content (AvgIpc) is 3.16. The molecule has 0 aliphatic carbocycles. The highest BCUT2D eigenvalue weighted by molar-refractivity contribution is 5.87. The first kappa shape index (κ1) is 67.9. The maximum Gasteiger partial charge on any atom is 0.135 e. The fraction of sp³-hybridized carbons (Fsp3) is 0.837. The van der Waals surface area contributed by atoms with Crippen LogP contribution < -0.4 is 0 Å². The van der Waals surface area contributed by atoms with Crippen LogP contribution in [0.5, 0.6) is 0 Å². The van der Waals surface area contributed by atoms with Crippen molar-refractivity contribution in [1.82, 2.24) is 0 Å². The zero-order valence-corrected chi connectivity index (χ0v) is 40.9. The van der Waals surface area contributed by atoms with E-state index in [9.17, 15) is 29.4 Å². The normalized spacial score (nSPS) is 13.2. The quantitative estimate of drug-likeness (QED) is 0.0503. The molecule has 364 valence electrons. The lowest BCUT2D eigenvalue weighted by molar-refractivity contribution is -0.126. The lowest BCUT2D eigenvalue weighted by Crippen LogP contribution is -2.25. The van der Waals surface area contributed by atoms with Gasteiger partial charge in [-0.05, 0) is 91.2 Å². The predicted octanol–water partition coefficient (Wildman–Crippen LogP) is 8.86. The van der Waals surface area contributed by atoms with Gasteiger partial charge in [0.15, 0.2) is 0 Å². The average molecular weight is 877 g/mol. The zero-order chi connectivity index (χ0) is 47.7. The summed E-state index contributed by atoms with van der Waals surface area (Å²) in [6.45, 7) is 39.1. The second-order valence-electron chi connectivity index (χ2n) is 17.6. The van der Waals surface area contributed by atoms with E-state index >= 15 is 0 Å². The molecule has 4 atom stereocenters. The summed E-state index contributed by atoms with van der Waals surface area (Å²) >= 11 is 0. The largest absolute Gasteiger partial charge is 0.394 e. The van der Waals surface area contributed by atoms with Crippen molar-refractivity contribution in [2.45, 2.75) is 218 Å². The molecule has 12 heteroatoms. The van der Waals surface area contributed by atoms with Crippen molar-refractivity contribution >= 4 is 23.1 Å². The van der Waals surface area contributed by atoms with Gasteiger partial charge in [-0.3, -0.25) is 19.2 Å². The van der Waals surface area contributed by atoms with Gasteiger partial charge in [-0.15, -0.1) is 0 Å². The zero-order valence-electron chi connectivity index (χ0n) is 40.9. The fourth-order valence-electron chi connectivity index (χ4n) is 4.70. The molecule has 0 rings (SSSR count). The summed E-state index contributed by atoms with van der Waals surface area (Å²) in [6, 6.07) is 0. The maximum absolute atomic E-state index is 11.6. The number of ether oxygens (including phenoxy) is 4. The van der Waals surface area contributed by atoms with Gasteiger partial charge in [0.05, 0.1) is 69.2 Å². The molecule has 0 spiro atoms. The van der Waals surface area contributed by atoms with Crippen LogP contribution in [-0.2, 0) is 38.1 Å². The highest BCUT2D eigenvalue weighted by atomic mass is 16.5. The van der Waals surface area contributed by atoms with Crippen molar-refractivity contribution in [1.29, 1.82) is 0 Å². The molecule has 0 aromatic rings. The summed E-state index contributed by atoms with van der Waals surface area (Å²) in [5, 5.41) is 37.2. The molecule has 0 aromatic carbocycles. The molecule has 0 heterocycles. The third-order valence-electron chi connectivity index (χ3n) is 8.89. The molecule has 0 amide bonds. The Morgan fingerprint density at radius 3 is 1.20 bits per heavy atom. The lowest BCUT2D eigenvalue weighted by Gasteiger charge is -2.22. The van der Waals surface area contributed by atoms with Crippen LogP contribution in [0.25, 0.3) is 0 Å². The number of Topliss-reactive ketones (excluding diaryl/α,β-unsaturated/α-hetero) is 4. The molecular formula is C49H96O12. The topological polar surface area (TPSA) is 186 Å². The minimum Gasteiger partial charge on any atom is -0.394 e. The van der Waals surface area contributed by atoms with Crippen LogP contribution in [0.1, 0.15) is 170 Å². The molecule has 0 aliphatic heterocycles. The minimum absolute atomic E-state index is 0. The van der Waals surface area contributed by atoms with Crippen LogP contribution in [0.2, 0.25) is 0 Å². The molecule has 4 N–H and O–H groups in total. The Morgan fingerprint density at radius 1 is 0.475 bits per heavy atom. The highest BCUT2D eigenvalue weighted by Crippen LogP contribution is 2.16. The fourth-order valence-corrected chi connectivity index (χ4v) is 4.70. The van der Waals surface area contributed by atoms with Crippen molar-refractivity contribution in [2.75, 3.05) is 26.4 Å². The number of hydrogen-bond donors (Lipinski definition) is 4. The van der Waals surface area contributed by atoms with Crippen LogP contribution >= 0.6 is 0 Å². The first-order valence-corrected chi connectivity index (χ1v) is 22.2. The SMILES string of the molecule is C.C=C(C(C)C)C(CO)OC(C)C.C=C(C(C)C)C(O)COC(C)C.CC(C)OC(CO)CCC(=O)CCC(=O)C(C)C.CC(C)OCC(O)CCC(=O)CCC(=O)C(C)C. The van der Waals surface area contributed by atoms with Crippen LogP contribution in [0.15, 0.2) is 24.3 Å². The Balaban J connectivity index is -0.000000231. The monoisotopic (exact) mass is 877 g/mol. The van der Waals surface area contributed by atoms with E-state index in [4.69, 9.17) is 29.2 Å². The molecule has 0 saturated carbocycles. The standard InChI is InChI=1S/2C14H26O4.2C10H20O2.CH4/c1-10(2)14(17)8-6-12(16)5-7-13(9-15)18-11(3)4;1-10(2)14(17)8-7-12(15)5-6-13(16)9-18-11(3)4;1-7(2)9(5)10(11)6-12-8(3)4;1-7(2)9(5)10(6-11)12-8(3)4;/h10-11,13,15H,5-9H2,1-4H3;10-11,13,16H,5-9H2,1-4H3;2*7-8,10-11H,5-6H2,1-4H3;1H4. The van der Waals surface area contributed by atoms with Gasteiger partial charge in [0.1, 0.15) is 29.2 Å². The molecule has 0 radical (unpaired) electrons. The third-order valence-corrected chi connectivity index (χ3v) is 8.89. The van der Waals surface area contributed by atoms with Crippen molar-refractivity contribution < 1.29 is 58.6 Å². The third kappa shape index (κ3) is 44.3. The predicted molar refractivity (Wildman–Crippen MR) is 250 cm³/mol. The van der Waals surface area contributed by atoms with Gasteiger partial charge in [-0.1, -0.05) is 76.0 Å². The number of ketones is 4. The molecule has 0 bridgehead atoms. The van der Waals surface area contributed by atoms with E-state index in [1.165, 1.54) is 0 Å². The van der Waals surface area contributed by atoms with Gasteiger partial charge in [-0.2, -0.15) is 0 Å². The second kappa shape index (κ2) is 40.6. The van der Waals surface area contributed by atoms with E-state index in [0.717, 1.165) is 11.1 Å². The number of carbonyl (C=O) groups is 4. The van der Waals surface area contributed by atoms with E-state index in [1.54, 1.807) is 0 Å². The smallest absolute Gasteiger partial charge is 0.135 e. The molecule has 12 nitrogen and oxygen atoms in total. The molecule has 4 unspecified atom stereocenters. The van der Waals surface area contributed by atoms with Crippen molar-refractivity contribution in [3.63, 3.8) is 0 Å². The van der Waals surface area contributed by atoms with Crippen molar-refractivity contribution in [3.8, 4) is 0 Å². The summed E-state index contributed by atoms with van der Waals surface area (Å²) in [7, 11) is 0. The maximum atomic E-state index is 11.6. The van der Waals surface area contributed by atoms with Gasteiger partial charge in [-0.25, -0.2) is 0 Å². The molecule has 61 heavy (non-hydrogen) atoms. The Kier molecular flexibility index (Phi) is 45.2. The van der Waals surface area contributed by atoms with Gasteiger partial charge in [0.25, 0.3) is 0 Å². The molecule has 0 fully saturated rings. The first-order valence-electron chi connectivity index (χ1n) is 22.2. The van der Waals surface area contributed by atoms with Crippen LogP contribution in [-0.4, -0.2) is 119 Å². The van der Waals surface area contributed by atoms with E-state index in [0.29, 0.717) is 63.4 Å². The van der Waals surface area contributed by atoms with Crippen LogP contribution in [0.3, 0.4) is 0 Å². The summed E-state index contributed by atoms with van der Waals surface area (Å²) in [4.78, 5) is 45.8. The van der Waals surface area contributed by atoms with Crippen LogP contribution in [0.4, 0.5) is 0 Å². The Labute approximate surface area is 373 Å². The van der Waals surface area contributed by atoms with E-state index in [2.05, 4.69) is 27.0 Å². The minimum atomic E-state index is -0.600.